The monoisotopic (exact) mass is 394 g/mol. The molecule has 1 saturated carbocycles. The summed E-state index contributed by atoms with van der Waals surface area (Å²) >= 11 is 1.69. The van der Waals surface area contributed by atoms with Crippen LogP contribution in [0, 0.1) is 18.7 Å². The smallest absolute Gasteiger partial charge is 0.132 e. The van der Waals surface area contributed by atoms with E-state index in [0.29, 0.717) is 5.92 Å². The summed E-state index contributed by atoms with van der Waals surface area (Å²) in [5.41, 5.74) is 3.20. The summed E-state index contributed by atoms with van der Waals surface area (Å²) in [6.07, 6.45) is 10.5. The zero-order valence-corrected chi connectivity index (χ0v) is 18.0. The van der Waals surface area contributed by atoms with E-state index in [9.17, 15) is 4.39 Å². The van der Waals surface area contributed by atoms with E-state index in [4.69, 9.17) is 0 Å². The molecule has 0 radical (unpaired) electrons. The first-order valence-corrected chi connectivity index (χ1v) is 11.8. The van der Waals surface area contributed by atoms with Gasteiger partial charge in [0.15, 0.2) is 0 Å². The second-order valence-corrected chi connectivity index (χ2v) is 9.69. The predicted molar refractivity (Wildman–Crippen MR) is 121 cm³/mol. The Morgan fingerprint density at radius 2 is 1.79 bits per heavy atom. The quantitative estimate of drug-likeness (QED) is 0.366. The van der Waals surface area contributed by atoms with Gasteiger partial charge in [-0.25, -0.2) is 4.39 Å². The second-order valence-electron chi connectivity index (χ2n) is 8.60. The standard InChI is InChI=1S/C26H31FS/c1-3-4-5-6-19-8-11-20(12-9-19)21-13-14-23(24(27)16-21)26-17-22-10-7-18(2)15-25(22)28-26/h7,10,13-17,19-20H,3-6,8-9,11-12H2,1-2H3. The van der Waals surface area contributed by atoms with Crippen molar-refractivity contribution in [2.45, 2.75) is 71.1 Å². The van der Waals surface area contributed by atoms with Gasteiger partial charge in [0.25, 0.3) is 0 Å². The highest BCUT2D eigenvalue weighted by Gasteiger charge is 2.23. The van der Waals surface area contributed by atoms with E-state index >= 15 is 0 Å². The van der Waals surface area contributed by atoms with E-state index in [1.54, 1.807) is 11.3 Å². The zero-order valence-electron chi connectivity index (χ0n) is 17.1. The van der Waals surface area contributed by atoms with Crippen molar-refractivity contribution < 1.29 is 4.39 Å². The summed E-state index contributed by atoms with van der Waals surface area (Å²) in [6, 6.07) is 14.6. The molecule has 2 heteroatoms. The van der Waals surface area contributed by atoms with Crippen LogP contribution in [0.4, 0.5) is 4.39 Å². The SMILES string of the molecule is CCCCCC1CCC(c2ccc(-c3cc4ccc(C)cc4s3)c(F)c2)CC1. The molecule has 0 spiro atoms. The predicted octanol–water partition coefficient (Wildman–Crippen LogP) is 8.87. The van der Waals surface area contributed by atoms with Gasteiger partial charge in [0.1, 0.15) is 5.82 Å². The Morgan fingerprint density at radius 1 is 0.964 bits per heavy atom. The molecule has 1 heterocycles. The normalized spacial score (nSPS) is 20.0. The van der Waals surface area contributed by atoms with Gasteiger partial charge in [-0.2, -0.15) is 0 Å². The van der Waals surface area contributed by atoms with Gasteiger partial charge in [0, 0.05) is 15.1 Å². The second kappa shape index (κ2) is 8.78. The van der Waals surface area contributed by atoms with Gasteiger partial charge >= 0.3 is 0 Å². The summed E-state index contributed by atoms with van der Waals surface area (Å²) in [5.74, 6) is 1.37. The van der Waals surface area contributed by atoms with Crippen molar-refractivity contribution in [1.82, 2.24) is 0 Å². The summed E-state index contributed by atoms with van der Waals surface area (Å²) in [6.45, 7) is 4.38. The molecule has 28 heavy (non-hydrogen) atoms. The Labute approximate surface area is 172 Å². The van der Waals surface area contributed by atoms with Crippen molar-refractivity contribution in [3.63, 3.8) is 0 Å². The van der Waals surface area contributed by atoms with Crippen molar-refractivity contribution >= 4 is 21.4 Å². The molecule has 1 fully saturated rings. The average molecular weight is 395 g/mol. The minimum atomic E-state index is -0.0640. The highest BCUT2D eigenvalue weighted by molar-refractivity contribution is 7.22. The van der Waals surface area contributed by atoms with Gasteiger partial charge < -0.3 is 0 Å². The van der Waals surface area contributed by atoms with E-state index in [-0.39, 0.29) is 5.82 Å². The molecule has 0 aliphatic heterocycles. The lowest BCUT2D eigenvalue weighted by atomic mass is 9.77. The largest absolute Gasteiger partial charge is 0.206 e. The number of halogens is 1. The minimum absolute atomic E-state index is 0.0640. The van der Waals surface area contributed by atoms with Gasteiger partial charge in [0.05, 0.1) is 0 Å². The van der Waals surface area contributed by atoms with E-state index in [1.807, 2.05) is 12.1 Å². The third kappa shape index (κ3) is 4.33. The first kappa shape index (κ1) is 19.6. The van der Waals surface area contributed by atoms with Crippen molar-refractivity contribution in [2.24, 2.45) is 5.92 Å². The van der Waals surface area contributed by atoms with Crippen LogP contribution in [-0.4, -0.2) is 0 Å². The molecule has 0 amide bonds. The number of aryl methyl sites for hydroxylation is 1. The molecule has 2 aromatic carbocycles. The molecular weight excluding hydrogens is 363 g/mol. The molecule has 1 aromatic heterocycles. The van der Waals surface area contributed by atoms with Crippen molar-refractivity contribution in [1.29, 1.82) is 0 Å². The van der Waals surface area contributed by atoms with Crippen LogP contribution in [0.25, 0.3) is 20.5 Å². The molecule has 0 saturated heterocycles. The average Bonchev–Trinajstić information content (AvgIpc) is 3.11. The Hall–Kier alpha value is -1.67. The molecule has 4 rings (SSSR count). The lowest BCUT2D eigenvalue weighted by Gasteiger charge is -2.29. The molecule has 0 nitrogen and oxygen atoms in total. The van der Waals surface area contributed by atoms with Crippen molar-refractivity contribution in [3.8, 4) is 10.4 Å². The van der Waals surface area contributed by atoms with Crippen molar-refractivity contribution in [2.75, 3.05) is 0 Å². The van der Waals surface area contributed by atoms with Crippen LogP contribution in [0.3, 0.4) is 0 Å². The summed E-state index contributed by atoms with van der Waals surface area (Å²) in [4.78, 5) is 1.03. The number of hydrogen-bond acceptors (Lipinski definition) is 1. The van der Waals surface area contributed by atoms with Gasteiger partial charge in [-0.15, -0.1) is 11.3 Å². The van der Waals surface area contributed by atoms with Crippen molar-refractivity contribution in [3.05, 3.63) is 59.4 Å². The van der Waals surface area contributed by atoms with Crippen LogP contribution in [0.2, 0.25) is 0 Å². The van der Waals surface area contributed by atoms with Crippen LogP contribution in [0.15, 0.2) is 42.5 Å². The Kier molecular flexibility index (Phi) is 6.16. The number of rotatable bonds is 6. The fourth-order valence-corrected chi connectivity index (χ4v) is 5.91. The van der Waals surface area contributed by atoms with E-state index < -0.39 is 0 Å². The Balaban J connectivity index is 1.46. The van der Waals surface area contributed by atoms with Crippen LogP contribution in [0.5, 0.6) is 0 Å². The third-order valence-corrected chi connectivity index (χ3v) is 7.60. The molecule has 0 bridgehead atoms. The molecule has 1 aliphatic rings. The molecule has 0 unspecified atom stereocenters. The lowest BCUT2D eigenvalue weighted by molar-refractivity contribution is 0.302. The maximum atomic E-state index is 15.0. The molecule has 3 aromatic rings. The van der Waals surface area contributed by atoms with Crippen LogP contribution < -0.4 is 0 Å². The fraction of sp³-hybridized carbons (Fsp3) is 0.462. The number of fused-ring (bicyclic) bond motifs is 1. The number of thiophene rings is 1. The first-order chi connectivity index (χ1) is 13.6. The van der Waals surface area contributed by atoms with Crippen LogP contribution >= 0.6 is 11.3 Å². The van der Waals surface area contributed by atoms with E-state index in [0.717, 1.165) is 16.4 Å². The lowest BCUT2D eigenvalue weighted by Crippen LogP contribution is -2.13. The molecule has 1 aliphatic carbocycles. The summed E-state index contributed by atoms with van der Waals surface area (Å²) in [5, 5.41) is 1.20. The van der Waals surface area contributed by atoms with Gasteiger partial charge in [0.2, 0.25) is 0 Å². The highest BCUT2D eigenvalue weighted by atomic mass is 32.1. The van der Waals surface area contributed by atoms with Crippen LogP contribution in [-0.2, 0) is 0 Å². The number of hydrogen-bond donors (Lipinski definition) is 0. The molecule has 0 N–H and O–H groups in total. The highest BCUT2D eigenvalue weighted by Crippen LogP contribution is 2.40. The van der Waals surface area contributed by atoms with E-state index in [2.05, 4.69) is 44.2 Å². The molecular formula is C26H31FS. The minimum Gasteiger partial charge on any atom is -0.206 e. The number of unbranched alkanes of at least 4 members (excludes halogenated alkanes) is 2. The van der Waals surface area contributed by atoms with E-state index in [1.165, 1.54) is 72.6 Å². The van der Waals surface area contributed by atoms with Gasteiger partial charge in [-0.05, 0) is 79.2 Å². The molecule has 0 atom stereocenters. The molecule has 148 valence electrons. The summed E-state index contributed by atoms with van der Waals surface area (Å²) in [7, 11) is 0. The first-order valence-electron chi connectivity index (χ1n) is 10.9. The van der Waals surface area contributed by atoms with Gasteiger partial charge in [-0.1, -0.05) is 56.9 Å². The Bertz CT molecular complexity index is 931. The number of benzene rings is 2. The Morgan fingerprint density at radius 3 is 2.54 bits per heavy atom. The maximum Gasteiger partial charge on any atom is 0.132 e. The summed E-state index contributed by atoms with van der Waals surface area (Å²) < 4.78 is 16.2. The maximum absolute atomic E-state index is 15.0. The fourth-order valence-electron chi connectivity index (χ4n) is 4.72. The van der Waals surface area contributed by atoms with Gasteiger partial charge in [-0.3, -0.25) is 0 Å². The zero-order chi connectivity index (χ0) is 19.5. The van der Waals surface area contributed by atoms with Crippen LogP contribution in [0.1, 0.15) is 75.3 Å². The topological polar surface area (TPSA) is 0 Å². The third-order valence-electron chi connectivity index (χ3n) is 6.47.